The number of carbonyl (C=O) groups is 1. The first-order valence-corrected chi connectivity index (χ1v) is 4.81. The Kier molecular flexibility index (Phi) is 2.41. The number of rotatable bonds is 3. The van der Waals surface area contributed by atoms with E-state index < -0.39 is 11.9 Å². The second kappa shape index (κ2) is 3.73. The first kappa shape index (κ1) is 9.71. The summed E-state index contributed by atoms with van der Waals surface area (Å²) < 4.78 is 1.87. The first-order valence-electron chi connectivity index (χ1n) is 4.81. The normalized spacial score (nSPS) is 12.9. The number of benzene rings is 1. The van der Waals surface area contributed by atoms with Crippen LogP contribution in [0.2, 0.25) is 0 Å². The molecule has 4 nitrogen and oxygen atoms in total. The second-order valence-electron chi connectivity index (χ2n) is 3.62. The average Bonchev–Trinajstić information content (AvgIpc) is 2.62. The molecular weight excluding hydrogens is 192 g/mol. The van der Waals surface area contributed by atoms with Gasteiger partial charge >= 0.3 is 5.97 Å². The van der Waals surface area contributed by atoms with E-state index in [4.69, 9.17) is 5.11 Å². The molecule has 15 heavy (non-hydrogen) atoms. The van der Waals surface area contributed by atoms with Crippen molar-refractivity contribution < 1.29 is 9.90 Å². The molecule has 1 aromatic heterocycles. The van der Waals surface area contributed by atoms with Gasteiger partial charge in [-0.3, -0.25) is 4.79 Å². The van der Waals surface area contributed by atoms with Crippen molar-refractivity contribution in [1.82, 2.24) is 9.55 Å². The van der Waals surface area contributed by atoms with E-state index in [1.54, 1.807) is 13.3 Å². The Morgan fingerprint density at radius 3 is 3.00 bits per heavy atom. The summed E-state index contributed by atoms with van der Waals surface area (Å²) in [5.74, 6) is -1.18. The van der Waals surface area contributed by atoms with Crippen molar-refractivity contribution in [3.8, 4) is 0 Å². The highest BCUT2D eigenvalue weighted by molar-refractivity contribution is 5.75. The Balaban J connectivity index is 2.32. The van der Waals surface area contributed by atoms with Crippen LogP contribution in [0.1, 0.15) is 6.92 Å². The molecule has 0 fully saturated rings. The van der Waals surface area contributed by atoms with Gasteiger partial charge in [-0.2, -0.15) is 0 Å². The fraction of sp³-hybridized carbons (Fsp3) is 0.273. The molecule has 0 bridgehead atoms. The summed E-state index contributed by atoms with van der Waals surface area (Å²) in [6, 6.07) is 7.69. The van der Waals surface area contributed by atoms with E-state index in [-0.39, 0.29) is 0 Å². The topological polar surface area (TPSA) is 55.1 Å². The molecule has 2 rings (SSSR count). The van der Waals surface area contributed by atoms with E-state index in [2.05, 4.69) is 4.98 Å². The van der Waals surface area contributed by atoms with Crippen molar-refractivity contribution >= 4 is 17.0 Å². The molecule has 1 heterocycles. The highest BCUT2D eigenvalue weighted by atomic mass is 16.4. The number of hydrogen-bond acceptors (Lipinski definition) is 2. The average molecular weight is 204 g/mol. The largest absolute Gasteiger partial charge is 0.481 e. The third-order valence-electron chi connectivity index (χ3n) is 2.42. The van der Waals surface area contributed by atoms with Crippen molar-refractivity contribution in [3.63, 3.8) is 0 Å². The van der Waals surface area contributed by atoms with Crippen LogP contribution in [0.4, 0.5) is 0 Å². The summed E-state index contributed by atoms with van der Waals surface area (Å²) in [7, 11) is 0. The molecule has 0 aliphatic rings. The van der Waals surface area contributed by atoms with Gasteiger partial charge in [0.15, 0.2) is 0 Å². The number of carboxylic acids is 1. The third-order valence-corrected chi connectivity index (χ3v) is 2.42. The van der Waals surface area contributed by atoms with Crippen LogP contribution < -0.4 is 0 Å². The van der Waals surface area contributed by atoms with Crippen molar-refractivity contribution in [2.75, 3.05) is 0 Å². The minimum absolute atomic E-state index is 0.400. The Morgan fingerprint density at radius 1 is 1.53 bits per heavy atom. The number of fused-ring (bicyclic) bond motifs is 1. The van der Waals surface area contributed by atoms with Gasteiger partial charge in [0.2, 0.25) is 0 Å². The Bertz CT molecular complexity index is 490. The number of nitrogens with zero attached hydrogens (tertiary/aromatic N) is 2. The van der Waals surface area contributed by atoms with Gasteiger partial charge in [-0.05, 0) is 12.1 Å². The summed E-state index contributed by atoms with van der Waals surface area (Å²) in [5.41, 5.74) is 1.88. The molecule has 78 valence electrons. The van der Waals surface area contributed by atoms with Crippen LogP contribution in [0.5, 0.6) is 0 Å². The molecule has 4 heteroatoms. The molecular formula is C11H12N2O2. The molecule has 1 atom stereocenters. The molecule has 2 aromatic rings. The zero-order valence-electron chi connectivity index (χ0n) is 8.42. The fourth-order valence-electron chi connectivity index (χ4n) is 1.53. The molecule has 0 saturated carbocycles. The molecule has 0 unspecified atom stereocenters. The maximum Gasteiger partial charge on any atom is 0.308 e. The van der Waals surface area contributed by atoms with E-state index in [0.717, 1.165) is 11.0 Å². The van der Waals surface area contributed by atoms with Crippen LogP contribution in [0.3, 0.4) is 0 Å². The number of hydrogen-bond donors (Lipinski definition) is 1. The van der Waals surface area contributed by atoms with E-state index in [9.17, 15) is 4.79 Å². The van der Waals surface area contributed by atoms with Gasteiger partial charge in [0.05, 0.1) is 23.3 Å². The Labute approximate surface area is 87.2 Å². The van der Waals surface area contributed by atoms with Gasteiger partial charge in [-0.1, -0.05) is 19.1 Å². The van der Waals surface area contributed by atoms with Gasteiger partial charge in [-0.25, -0.2) is 4.98 Å². The highest BCUT2D eigenvalue weighted by Gasteiger charge is 2.12. The SMILES string of the molecule is C[C@@H](Cn1cnc2ccccc21)C(=O)O. The van der Waals surface area contributed by atoms with Crippen LogP contribution in [-0.2, 0) is 11.3 Å². The molecule has 1 N–H and O–H groups in total. The minimum Gasteiger partial charge on any atom is -0.481 e. The standard InChI is InChI=1S/C11H12N2O2/c1-8(11(14)15)6-13-7-12-9-4-2-3-5-10(9)13/h2-5,7-8H,6H2,1H3,(H,14,15)/t8-/m0/s1. The third kappa shape index (κ3) is 1.83. The minimum atomic E-state index is -0.784. The van der Waals surface area contributed by atoms with Crippen molar-refractivity contribution in [3.05, 3.63) is 30.6 Å². The van der Waals surface area contributed by atoms with Crippen LogP contribution in [0.25, 0.3) is 11.0 Å². The lowest BCUT2D eigenvalue weighted by molar-refractivity contribution is -0.141. The van der Waals surface area contributed by atoms with Gasteiger partial charge < -0.3 is 9.67 Å². The van der Waals surface area contributed by atoms with Gasteiger partial charge in [0.1, 0.15) is 0 Å². The predicted octanol–water partition coefficient (Wildman–Crippen LogP) is 1.76. The number of aromatic nitrogens is 2. The summed E-state index contributed by atoms with van der Waals surface area (Å²) in [4.78, 5) is 14.9. The van der Waals surface area contributed by atoms with Crippen LogP contribution in [-0.4, -0.2) is 20.6 Å². The lowest BCUT2D eigenvalue weighted by Crippen LogP contribution is -2.16. The molecule has 1 aromatic carbocycles. The lowest BCUT2D eigenvalue weighted by atomic mass is 10.2. The van der Waals surface area contributed by atoms with Crippen molar-refractivity contribution in [2.45, 2.75) is 13.5 Å². The van der Waals surface area contributed by atoms with Gasteiger partial charge in [0, 0.05) is 6.54 Å². The molecule has 0 aliphatic heterocycles. The maximum atomic E-state index is 10.7. The molecule has 0 spiro atoms. The molecule has 0 aliphatic carbocycles. The second-order valence-corrected chi connectivity index (χ2v) is 3.62. The summed E-state index contributed by atoms with van der Waals surface area (Å²) in [6.07, 6.45) is 1.68. The molecule has 0 saturated heterocycles. The van der Waals surface area contributed by atoms with Crippen LogP contribution in [0.15, 0.2) is 30.6 Å². The Morgan fingerprint density at radius 2 is 2.27 bits per heavy atom. The predicted molar refractivity (Wildman–Crippen MR) is 56.5 cm³/mol. The summed E-state index contributed by atoms with van der Waals surface area (Å²) in [5, 5.41) is 8.82. The van der Waals surface area contributed by atoms with Crippen LogP contribution >= 0.6 is 0 Å². The number of para-hydroxylation sites is 2. The molecule has 0 amide bonds. The van der Waals surface area contributed by atoms with Crippen LogP contribution in [0, 0.1) is 5.92 Å². The molecule has 0 radical (unpaired) electrons. The quantitative estimate of drug-likeness (QED) is 0.828. The lowest BCUT2D eigenvalue weighted by Gasteiger charge is -2.07. The number of imidazole rings is 1. The van der Waals surface area contributed by atoms with E-state index in [1.165, 1.54) is 0 Å². The van der Waals surface area contributed by atoms with Gasteiger partial charge in [0.25, 0.3) is 0 Å². The summed E-state index contributed by atoms with van der Waals surface area (Å²) in [6.45, 7) is 2.15. The van der Waals surface area contributed by atoms with E-state index in [0.29, 0.717) is 6.54 Å². The van der Waals surface area contributed by atoms with Crippen molar-refractivity contribution in [2.24, 2.45) is 5.92 Å². The zero-order chi connectivity index (χ0) is 10.8. The Hall–Kier alpha value is -1.84. The highest BCUT2D eigenvalue weighted by Crippen LogP contribution is 2.13. The first-order chi connectivity index (χ1) is 7.18. The fourth-order valence-corrected chi connectivity index (χ4v) is 1.53. The number of carboxylic acid groups (broad SMARTS) is 1. The van der Waals surface area contributed by atoms with Crippen molar-refractivity contribution in [1.29, 1.82) is 0 Å². The monoisotopic (exact) mass is 204 g/mol. The maximum absolute atomic E-state index is 10.7. The van der Waals surface area contributed by atoms with E-state index >= 15 is 0 Å². The number of aliphatic carboxylic acids is 1. The van der Waals surface area contributed by atoms with E-state index in [1.807, 2.05) is 28.8 Å². The zero-order valence-corrected chi connectivity index (χ0v) is 8.42. The van der Waals surface area contributed by atoms with Gasteiger partial charge in [-0.15, -0.1) is 0 Å². The summed E-state index contributed by atoms with van der Waals surface area (Å²) >= 11 is 0. The smallest absolute Gasteiger partial charge is 0.308 e.